The quantitative estimate of drug-likeness (QED) is 0.184. The highest BCUT2D eigenvalue weighted by Crippen LogP contribution is 2.13. The van der Waals surface area contributed by atoms with Gasteiger partial charge in [0.1, 0.15) is 6.61 Å². The number of aliphatic hydroxyl groups is 1. The molecule has 27 heavy (non-hydrogen) atoms. The van der Waals surface area contributed by atoms with Crippen molar-refractivity contribution in [2.24, 2.45) is 0 Å². The molecule has 1 N–H and O–H groups in total. The molecule has 0 unspecified atom stereocenters. The van der Waals surface area contributed by atoms with Gasteiger partial charge in [0.15, 0.2) is 0 Å². The zero-order valence-electron chi connectivity index (χ0n) is 18.9. The Morgan fingerprint density at radius 1 is 0.593 bits per heavy atom. The lowest BCUT2D eigenvalue weighted by atomic mass is 10.0. The number of carbonyl (C=O) groups excluding carboxylic acids is 1. The molecular weight excluding hydrogens is 336 g/mol. The molecule has 0 aromatic rings. The van der Waals surface area contributed by atoms with Crippen molar-refractivity contribution in [3.63, 3.8) is 0 Å². The summed E-state index contributed by atoms with van der Waals surface area (Å²) in [6.07, 6.45) is 23.1. The molecule has 3 heteroatoms. The van der Waals surface area contributed by atoms with E-state index in [0.29, 0.717) is 6.42 Å². The van der Waals surface area contributed by atoms with Crippen molar-refractivity contribution in [3.8, 4) is 0 Å². The maximum atomic E-state index is 11.2. The molecule has 0 spiro atoms. The number of aliphatic hydroxyl groups excluding tert-OH is 1. The van der Waals surface area contributed by atoms with Crippen molar-refractivity contribution in [3.05, 3.63) is 0 Å². The summed E-state index contributed by atoms with van der Waals surface area (Å²) in [5, 5.41) is 8.54. The van der Waals surface area contributed by atoms with Gasteiger partial charge in [0.05, 0.1) is 6.61 Å². The number of esters is 1. The van der Waals surface area contributed by atoms with Gasteiger partial charge in [-0.25, -0.2) is 0 Å². The Kier molecular flexibility index (Phi) is 29.3. The van der Waals surface area contributed by atoms with E-state index < -0.39 is 0 Å². The molecular formula is C24H50O3. The van der Waals surface area contributed by atoms with Crippen LogP contribution in [-0.2, 0) is 9.53 Å². The standard InChI is InChI=1S/C20H40O3.C4H10/c1-2-3-4-5-6-7-8-9-10-11-12-13-14-15-16-17-20(22)23-19-18-21;1-3-4-2/h21H,2-19H2,1H3;3-4H2,1-2H3. The lowest BCUT2D eigenvalue weighted by molar-refractivity contribution is -0.144. The van der Waals surface area contributed by atoms with Crippen LogP contribution in [0.2, 0.25) is 0 Å². The summed E-state index contributed by atoms with van der Waals surface area (Å²) in [5.74, 6) is -0.172. The van der Waals surface area contributed by atoms with Crippen molar-refractivity contribution < 1.29 is 14.6 Å². The molecule has 0 aliphatic heterocycles. The van der Waals surface area contributed by atoms with Crippen LogP contribution in [0.15, 0.2) is 0 Å². The topological polar surface area (TPSA) is 46.5 Å². The molecule has 0 aliphatic rings. The van der Waals surface area contributed by atoms with Gasteiger partial charge in [0, 0.05) is 6.42 Å². The molecule has 0 bridgehead atoms. The first kappa shape index (κ1) is 28.6. The molecule has 0 heterocycles. The Hall–Kier alpha value is -0.570. The Labute approximate surface area is 170 Å². The third-order valence-electron chi connectivity index (χ3n) is 4.84. The monoisotopic (exact) mass is 386 g/mol. The van der Waals surface area contributed by atoms with E-state index in [1.807, 2.05) is 0 Å². The van der Waals surface area contributed by atoms with E-state index in [2.05, 4.69) is 20.8 Å². The van der Waals surface area contributed by atoms with E-state index in [1.165, 1.54) is 96.3 Å². The van der Waals surface area contributed by atoms with E-state index in [-0.39, 0.29) is 19.2 Å². The highest BCUT2D eigenvalue weighted by atomic mass is 16.5. The van der Waals surface area contributed by atoms with Gasteiger partial charge in [-0.15, -0.1) is 0 Å². The van der Waals surface area contributed by atoms with Gasteiger partial charge in [-0.05, 0) is 6.42 Å². The van der Waals surface area contributed by atoms with Crippen LogP contribution in [-0.4, -0.2) is 24.3 Å². The van der Waals surface area contributed by atoms with Gasteiger partial charge < -0.3 is 9.84 Å². The van der Waals surface area contributed by atoms with E-state index in [9.17, 15) is 4.79 Å². The summed E-state index contributed by atoms with van der Waals surface area (Å²) in [6, 6.07) is 0. The molecule has 0 radical (unpaired) electrons. The third kappa shape index (κ3) is 30.4. The van der Waals surface area contributed by atoms with Crippen molar-refractivity contribution in [1.29, 1.82) is 0 Å². The van der Waals surface area contributed by atoms with E-state index in [0.717, 1.165) is 12.8 Å². The molecule has 0 rings (SSSR count). The van der Waals surface area contributed by atoms with Crippen LogP contribution < -0.4 is 0 Å². The lowest BCUT2D eigenvalue weighted by Crippen LogP contribution is -2.07. The zero-order chi connectivity index (χ0) is 20.4. The number of rotatable bonds is 19. The number of unbranched alkanes of at least 4 members (excludes halogenated alkanes) is 15. The number of hydrogen-bond acceptors (Lipinski definition) is 3. The van der Waals surface area contributed by atoms with Crippen LogP contribution in [0.1, 0.15) is 136 Å². The molecule has 164 valence electrons. The Morgan fingerprint density at radius 3 is 1.30 bits per heavy atom. The van der Waals surface area contributed by atoms with Crippen molar-refractivity contribution >= 4 is 5.97 Å². The summed E-state index contributed by atoms with van der Waals surface area (Å²) in [5.41, 5.74) is 0. The van der Waals surface area contributed by atoms with Gasteiger partial charge >= 0.3 is 5.97 Å². The minimum absolute atomic E-state index is 0.0788. The second-order valence-corrected chi connectivity index (χ2v) is 7.64. The van der Waals surface area contributed by atoms with Crippen LogP contribution in [0.5, 0.6) is 0 Å². The normalized spacial score (nSPS) is 10.4. The predicted molar refractivity (Wildman–Crippen MR) is 118 cm³/mol. The van der Waals surface area contributed by atoms with Crippen molar-refractivity contribution in [1.82, 2.24) is 0 Å². The molecule has 0 saturated heterocycles. The highest BCUT2D eigenvalue weighted by molar-refractivity contribution is 5.69. The molecule has 0 atom stereocenters. The molecule has 0 aromatic carbocycles. The zero-order valence-corrected chi connectivity index (χ0v) is 18.9. The highest BCUT2D eigenvalue weighted by Gasteiger charge is 2.01. The average Bonchev–Trinajstić information content (AvgIpc) is 2.69. The van der Waals surface area contributed by atoms with Crippen molar-refractivity contribution in [2.75, 3.05) is 13.2 Å². The van der Waals surface area contributed by atoms with Gasteiger partial charge in [0.2, 0.25) is 0 Å². The second-order valence-electron chi connectivity index (χ2n) is 7.64. The Balaban J connectivity index is 0. The minimum atomic E-state index is -0.172. The van der Waals surface area contributed by atoms with Crippen LogP contribution in [0.3, 0.4) is 0 Å². The smallest absolute Gasteiger partial charge is 0.305 e. The first-order valence-corrected chi connectivity index (χ1v) is 12.0. The van der Waals surface area contributed by atoms with Gasteiger partial charge in [-0.2, -0.15) is 0 Å². The van der Waals surface area contributed by atoms with E-state index in [1.54, 1.807) is 0 Å². The summed E-state index contributed by atoms with van der Waals surface area (Å²) >= 11 is 0. The molecule has 0 saturated carbocycles. The van der Waals surface area contributed by atoms with Crippen molar-refractivity contribution in [2.45, 2.75) is 136 Å². The number of hydrogen-bond donors (Lipinski definition) is 1. The van der Waals surface area contributed by atoms with Crippen LogP contribution in [0, 0.1) is 0 Å². The number of carbonyl (C=O) groups is 1. The Morgan fingerprint density at radius 2 is 0.963 bits per heavy atom. The average molecular weight is 387 g/mol. The molecule has 3 nitrogen and oxygen atoms in total. The summed E-state index contributed by atoms with van der Waals surface area (Å²) < 4.78 is 4.82. The first-order chi connectivity index (χ1) is 13.2. The molecule has 0 amide bonds. The summed E-state index contributed by atoms with van der Waals surface area (Å²) in [7, 11) is 0. The maximum absolute atomic E-state index is 11.2. The lowest BCUT2D eigenvalue weighted by Gasteiger charge is -2.04. The molecule has 0 aliphatic carbocycles. The first-order valence-electron chi connectivity index (χ1n) is 12.0. The van der Waals surface area contributed by atoms with Crippen LogP contribution in [0.4, 0.5) is 0 Å². The van der Waals surface area contributed by atoms with Gasteiger partial charge in [-0.1, -0.05) is 124 Å². The maximum Gasteiger partial charge on any atom is 0.305 e. The minimum Gasteiger partial charge on any atom is -0.463 e. The van der Waals surface area contributed by atoms with Gasteiger partial charge in [0.25, 0.3) is 0 Å². The van der Waals surface area contributed by atoms with E-state index in [4.69, 9.17) is 9.84 Å². The summed E-state index contributed by atoms with van der Waals surface area (Å²) in [4.78, 5) is 11.2. The fraction of sp³-hybridized carbons (Fsp3) is 0.958. The predicted octanol–water partition coefficient (Wildman–Crippen LogP) is 7.59. The van der Waals surface area contributed by atoms with Crippen LogP contribution in [0.25, 0.3) is 0 Å². The number of ether oxygens (including phenoxy) is 1. The largest absolute Gasteiger partial charge is 0.463 e. The van der Waals surface area contributed by atoms with Crippen LogP contribution >= 0.6 is 0 Å². The molecule has 0 aromatic heterocycles. The van der Waals surface area contributed by atoms with E-state index >= 15 is 0 Å². The summed E-state index contributed by atoms with van der Waals surface area (Å²) in [6.45, 7) is 6.69. The Bertz CT molecular complexity index is 264. The fourth-order valence-electron chi connectivity index (χ4n) is 2.87. The molecule has 0 fully saturated rings. The van der Waals surface area contributed by atoms with Gasteiger partial charge in [-0.3, -0.25) is 4.79 Å². The SMILES string of the molecule is CCCC.CCCCCCCCCCCCCCCCCC(=O)OCCO. The fourth-order valence-corrected chi connectivity index (χ4v) is 2.87. The third-order valence-corrected chi connectivity index (χ3v) is 4.84. The second kappa shape index (κ2) is 27.6.